The van der Waals surface area contributed by atoms with Gasteiger partial charge < -0.3 is 15.0 Å². The van der Waals surface area contributed by atoms with Crippen LogP contribution in [0.5, 0.6) is 0 Å². The second-order valence-corrected chi connectivity index (χ2v) is 6.56. The summed E-state index contributed by atoms with van der Waals surface area (Å²) in [7, 11) is 1.67. The fourth-order valence-corrected chi connectivity index (χ4v) is 3.23. The van der Waals surface area contributed by atoms with Gasteiger partial charge >= 0.3 is 0 Å². The molecule has 0 aliphatic carbocycles. The lowest BCUT2D eigenvalue weighted by molar-refractivity contribution is 0.121. The molecule has 9 heteroatoms. The summed E-state index contributed by atoms with van der Waals surface area (Å²) in [5.74, 6) is -1.64. The lowest BCUT2D eigenvalue weighted by Gasteiger charge is -2.19. The SMILES string of the molecule is COC1CCN(c2cc(F)cc(Nc3ncn(-c4cc(F)cc(F)c4)n3)c2)C1.[HH]. The van der Waals surface area contributed by atoms with Gasteiger partial charge in [-0.3, -0.25) is 0 Å². The fourth-order valence-electron chi connectivity index (χ4n) is 3.23. The summed E-state index contributed by atoms with van der Waals surface area (Å²) in [4.78, 5) is 6.11. The molecule has 0 bridgehead atoms. The normalized spacial score (nSPS) is 16.6. The number of anilines is 3. The Bertz CT molecular complexity index is 979. The van der Waals surface area contributed by atoms with Gasteiger partial charge in [-0.15, -0.1) is 5.10 Å². The zero-order chi connectivity index (χ0) is 19.7. The third kappa shape index (κ3) is 3.94. The van der Waals surface area contributed by atoms with Crippen LogP contribution in [-0.4, -0.2) is 41.1 Å². The van der Waals surface area contributed by atoms with E-state index in [1.807, 2.05) is 4.90 Å². The lowest BCUT2D eigenvalue weighted by atomic mass is 10.2. The van der Waals surface area contributed by atoms with Crippen LogP contribution in [0.4, 0.5) is 30.5 Å². The van der Waals surface area contributed by atoms with Crippen molar-refractivity contribution < 1.29 is 19.3 Å². The molecule has 148 valence electrons. The first kappa shape index (κ1) is 18.3. The van der Waals surface area contributed by atoms with E-state index in [1.165, 1.54) is 23.1 Å². The number of halogens is 3. The quantitative estimate of drug-likeness (QED) is 0.715. The standard InChI is InChI=1S/C19H18F3N5O.H2/c1-28-18-2-3-26(10-18)16-6-14(22)5-15(9-16)24-19-23-11-27(25-19)17-7-12(20)4-13(21)8-17;/h4-9,11,18H,2-3,10H2,1H3,(H,24,25);1H. The minimum Gasteiger partial charge on any atom is -0.380 e. The summed E-state index contributed by atoms with van der Waals surface area (Å²) in [6, 6.07) is 7.65. The Morgan fingerprint density at radius 2 is 1.75 bits per heavy atom. The molecule has 1 N–H and O–H groups in total. The molecule has 2 aromatic carbocycles. The molecule has 2 heterocycles. The fraction of sp³-hybridized carbons (Fsp3) is 0.263. The van der Waals surface area contributed by atoms with E-state index in [2.05, 4.69) is 15.4 Å². The Balaban J connectivity index is 0.00000240. The summed E-state index contributed by atoms with van der Waals surface area (Å²) in [5.41, 5.74) is 1.40. The molecule has 1 atom stereocenters. The Morgan fingerprint density at radius 3 is 2.46 bits per heavy atom. The third-order valence-electron chi connectivity index (χ3n) is 4.59. The highest BCUT2D eigenvalue weighted by molar-refractivity contribution is 5.62. The summed E-state index contributed by atoms with van der Waals surface area (Å²) < 4.78 is 47.5. The molecular formula is C19H20F3N5O. The molecule has 1 fully saturated rings. The van der Waals surface area contributed by atoms with Gasteiger partial charge in [0.15, 0.2) is 0 Å². The Labute approximate surface area is 161 Å². The molecule has 1 aromatic heterocycles. The van der Waals surface area contributed by atoms with Crippen LogP contribution >= 0.6 is 0 Å². The molecule has 1 aliphatic rings. The van der Waals surface area contributed by atoms with E-state index in [0.29, 0.717) is 12.2 Å². The number of hydrogen-bond acceptors (Lipinski definition) is 5. The van der Waals surface area contributed by atoms with Crippen molar-refractivity contribution >= 4 is 17.3 Å². The van der Waals surface area contributed by atoms with Crippen LogP contribution in [0.1, 0.15) is 7.85 Å². The van der Waals surface area contributed by atoms with Gasteiger partial charge in [0.05, 0.1) is 11.8 Å². The highest BCUT2D eigenvalue weighted by Crippen LogP contribution is 2.27. The van der Waals surface area contributed by atoms with Gasteiger partial charge in [-0.05, 0) is 36.8 Å². The maximum Gasteiger partial charge on any atom is 0.246 e. The van der Waals surface area contributed by atoms with Crippen molar-refractivity contribution in [2.75, 3.05) is 30.4 Å². The number of ether oxygens (including phenoxy) is 1. The molecule has 3 aromatic rings. The number of benzene rings is 2. The molecule has 0 spiro atoms. The Hall–Kier alpha value is -3.07. The van der Waals surface area contributed by atoms with Crippen molar-refractivity contribution in [3.63, 3.8) is 0 Å². The molecule has 0 saturated carbocycles. The van der Waals surface area contributed by atoms with Crippen LogP contribution in [0.25, 0.3) is 5.69 Å². The first-order valence-electron chi connectivity index (χ1n) is 8.73. The zero-order valence-corrected chi connectivity index (χ0v) is 15.1. The van der Waals surface area contributed by atoms with Gasteiger partial charge in [-0.25, -0.2) is 17.9 Å². The minimum absolute atomic E-state index is 0. The topological polar surface area (TPSA) is 55.2 Å². The molecular weight excluding hydrogens is 371 g/mol. The van der Waals surface area contributed by atoms with Crippen molar-refractivity contribution in [2.45, 2.75) is 12.5 Å². The molecule has 28 heavy (non-hydrogen) atoms. The number of methoxy groups -OCH3 is 1. The molecule has 0 amide bonds. The molecule has 1 saturated heterocycles. The van der Waals surface area contributed by atoms with E-state index in [-0.39, 0.29) is 19.2 Å². The van der Waals surface area contributed by atoms with Gasteiger partial charge in [0.2, 0.25) is 5.95 Å². The van der Waals surface area contributed by atoms with Crippen molar-refractivity contribution in [2.24, 2.45) is 0 Å². The van der Waals surface area contributed by atoms with Crippen LogP contribution in [0, 0.1) is 17.5 Å². The van der Waals surface area contributed by atoms with Gasteiger partial charge in [0.1, 0.15) is 23.8 Å². The Morgan fingerprint density at radius 1 is 1.04 bits per heavy atom. The van der Waals surface area contributed by atoms with Crippen LogP contribution in [0.3, 0.4) is 0 Å². The number of nitrogens with one attached hydrogen (secondary N) is 1. The van der Waals surface area contributed by atoms with Crippen LogP contribution < -0.4 is 10.2 Å². The number of hydrogen-bond donors (Lipinski definition) is 1. The molecule has 6 nitrogen and oxygen atoms in total. The number of rotatable bonds is 5. The van der Waals surface area contributed by atoms with Gasteiger partial charge in [0.25, 0.3) is 0 Å². The predicted octanol–water partition coefficient (Wildman–Crippen LogP) is 3.90. The van der Waals surface area contributed by atoms with E-state index >= 15 is 0 Å². The lowest BCUT2D eigenvalue weighted by Crippen LogP contribution is -2.22. The van der Waals surface area contributed by atoms with Gasteiger partial charge in [-0.2, -0.15) is 4.98 Å². The average molecular weight is 391 g/mol. The van der Waals surface area contributed by atoms with Crippen molar-refractivity contribution in [1.29, 1.82) is 0 Å². The molecule has 1 aliphatic heterocycles. The van der Waals surface area contributed by atoms with Gasteiger partial charge in [-0.1, -0.05) is 0 Å². The zero-order valence-electron chi connectivity index (χ0n) is 15.1. The van der Waals surface area contributed by atoms with Crippen LogP contribution in [0.2, 0.25) is 0 Å². The summed E-state index contributed by atoms with van der Waals surface area (Å²) >= 11 is 0. The van der Waals surface area contributed by atoms with E-state index in [9.17, 15) is 13.2 Å². The highest BCUT2D eigenvalue weighted by atomic mass is 19.1. The van der Waals surface area contributed by atoms with Crippen LogP contribution in [0.15, 0.2) is 42.7 Å². The first-order chi connectivity index (χ1) is 13.5. The van der Waals surface area contributed by atoms with Gasteiger partial charge in [0, 0.05) is 39.1 Å². The van der Waals surface area contributed by atoms with E-state index in [4.69, 9.17) is 4.74 Å². The van der Waals surface area contributed by atoms with Crippen molar-refractivity contribution in [1.82, 2.24) is 14.8 Å². The maximum absolute atomic E-state index is 14.1. The predicted molar refractivity (Wildman–Crippen MR) is 101 cm³/mol. The highest BCUT2D eigenvalue weighted by Gasteiger charge is 2.23. The van der Waals surface area contributed by atoms with Crippen LogP contribution in [-0.2, 0) is 4.74 Å². The molecule has 1 unspecified atom stereocenters. The number of nitrogens with zero attached hydrogens (tertiary/aromatic N) is 4. The Kier molecular flexibility index (Phi) is 4.91. The second kappa shape index (κ2) is 7.51. The van der Waals surface area contributed by atoms with E-state index < -0.39 is 17.5 Å². The summed E-state index contributed by atoms with van der Waals surface area (Å²) in [5, 5.41) is 7.07. The third-order valence-corrected chi connectivity index (χ3v) is 4.59. The van der Waals surface area contributed by atoms with Crippen molar-refractivity contribution in [3.8, 4) is 5.69 Å². The smallest absolute Gasteiger partial charge is 0.246 e. The minimum atomic E-state index is -0.713. The second-order valence-electron chi connectivity index (χ2n) is 6.56. The monoisotopic (exact) mass is 391 g/mol. The molecule has 4 rings (SSSR count). The van der Waals surface area contributed by atoms with Crippen molar-refractivity contribution in [3.05, 3.63) is 60.2 Å². The maximum atomic E-state index is 14.1. The first-order valence-corrected chi connectivity index (χ1v) is 8.73. The summed E-state index contributed by atoms with van der Waals surface area (Å²) in [6.45, 7) is 1.47. The number of aromatic nitrogens is 3. The average Bonchev–Trinajstić information content (AvgIpc) is 3.29. The largest absolute Gasteiger partial charge is 0.380 e. The van der Waals surface area contributed by atoms with E-state index in [1.54, 1.807) is 13.2 Å². The molecule has 0 radical (unpaired) electrons. The summed E-state index contributed by atoms with van der Waals surface area (Å²) in [6.07, 6.45) is 2.33. The van der Waals surface area contributed by atoms with E-state index in [0.717, 1.165) is 36.9 Å².